The molecule has 0 unspecified atom stereocenters. The van der Waals surface area contributed by atoms with Gasteiger partial charge in [-0.1, -0.05) is 30.3 Å². The van der Waals surface area contributed by atoms with Gasteiger partial charge in [-0.15, -0.1) is 0 Å². The summed E-state index contributed by atoms with van der Waals surface area (Å²) in [4.78, 5) is 0. The zero-order valence-corrected chi connectivity index (χ0v) is 12.9. The molecule has 0 aliphatic carbocycles. The highest BCUT2D eigenvalue weighted by atomic mass is 16.5. The summed E-state index contributed by atoms with van der Waals surface area (Å²) >= 11 is 0. The van der Waals surface area contributed by atoms with E-state index in [1.54, 1.807) is 0 Å². The first-order valence-electron chi connectivity index (χ1n) is 7.18. The Hall–Kier alpha value is -1.84. The SMILES string of the molecule is CC(C)(C)NCc1ccccc1Oc1cccc(CO)c1. The zero-order chi connectivity index (χ0) is 15.3. The van der Waals surface area contributed by atoms with Gasteiger partial charge in [-0.3, -0.25) is 0 Å². The van der Waals surface area contributed by atoms with Crippen molar-refractivity contribution in [2.24, 2.45) is 0 Å². The van der Waals surface area contributed by atoms with Gasteiger partial charge in [0.2, 0.25) is 0 Å². The Morgan fingerprint density at radius 2 is 1.81 bits per heavy atom. The second kappa shape index (κ2) is 6.74. The normalized spacial score (nSPS) is 11.4. The van der Waals surface area contributed by atoms with E-state index in [9.17, 15) is 5.11 Å². The molecule has 0 amide bonds. The number of aliphatic hydroxyl groups excluding tert-OH is 1. The number of nitrogens with one attached hydrogen (secondary N) is 1. The smallest absolute Gasteiger partial charge is 0.131 e. The predicted octanol–water partition coefficient (Wildman–Crippen LogP) is 3.86. The molecule has 3 heteroatoms. The lowest BCUT2D eigenvalue weighted by Gasteiger charge is -2.21. The molecule has 0 aliphatic rings. The lowest BCUT2D eigenvalue weighted by Crippen LogP contribution is -2.35. The monoisotopic (exact) mass is 285 g/mol. The van der Waals surface area contributed by atoms with Crippen LogP contribution in [0.2, 0.25) is 0 Å². The highest BCUT2D eigenvalue weighted by Crippen LogP contribution is 2.26. The minimum absolute atomic E-state index is 0.0183. The maximum absolute atomic E-state index is 9.19. The Kier molecular flexibility index (Phi) is 4.99. The molecule has 0 spiro atoms. The summed E-state index contributed by atoms with van der Waals surface area (Å²) in [6, 6.07) is 15.5. The van der Waals surface area contributed by atoms with Crippen LogP contribution in [0.1, 0.15) is 31.9 Å². The van der Waals surface area contributed by atoms with Gasteiger partial charge in [0, 0.05) is 17.6 Å². The predicted molar refractivity (Wildman–Crippen MR) is 85.5 cm³/mol. The maximum atomic E-state index is 9.19. The lowest BCUT2D eigenvalue weighted by molar-refractivity contribution is 0.281. The largest absolute Gasteiger partial charge is 0.457 e. The second-order valence-electron chi connectivity index (χ2n) is 6.12. The number of benzene rings is 2. The molecule has 2 aromatic rings. The topological polar surface area (TPSA) is 41.5 Å². The molecule has 0 heterocycles. The number of hydrogen-bond acceptors (Lipinski definition) is 3. The van der Waals surface area contributed by atoms with E-state index in [0.717, 1.165) is 29.2 Å². The summed E-state index contributed by atoms with van der Waals surface area (Å²) in [5, 5.41) is 12.7. The van der Waals surface area contributed by atoms with Crippen LogP contribution in [0.5, 0.6) is 11.5 Å². The van der Waals surface area contributed by atoms with E-state index in [-0.39, 0.29) is 12.1 Å². The Labute approximate surface area is 126 Å². The van der Waals surface area contributed by atoms with Gasteiger partial charge >= 0.3 is 0 Å². The third kappa shape index (κ3) is 4.88. The van der Waals surface area contributed by atoms with Crippen molar-refractivity contribution in [1.29, 1.82) is 0 Å². The summed E-state index contributed by atoms with van der Waals surface area (Å²) in [6.45, 7) is 7.19. The van der Waals surface area contributed by atoms with Crippen molar-refractivity contribution in [2.75, 3.05) is 0 Å². The molecule has 21 heavy (non-hydrogen) atoms. The van der Waals surface area contributed by atoms with Gasteiger partial charge in [-0.05, 0) is 44.5 Å². The van der Waals surface area contributed by atoms with Crippen LogP contribution in [0.15, 0.2) is 48.5 Å². The van der Waals surface area contributed by atoms with E-state index in [1.807, 2.05) is 42.5 Å². The molecular weight excluding hydrogens is 262 g/mol. The Morgan fingerprint density at radius 1 is 1.05 bits per heavy atom. The molecule has 0 fully saturated rings. The van der Waals surface area contributed by atoms with E-state index in [4.69, 9.17) is 4.74 Å². The molecule has 0 saturated heterocycles. The van der Waals surface area contributed by atoms with Crippen molar-refractivity contribution in [1.82, 2.24) is 5.32 Å². The second-order valence-corrected chi connectivity index (χ2v) is 6.12. The number of rotatable bonds is 5. The van der Waals surface area contributed by atoms with Crippen LogP contribution < -0.4 is 10.1 Å². The summed E-state index contributed by atoms with van der Waals surface area (Å²) < 4.78 is 5.97. The standard InChI is InChI=1S/C18H23NO2/c1-18(2,3)19-12-15-8-4-5-10-17(15)21-16-9-6-7-14(11-16)13-20/h4-11,19-20H,12-13H2,1-3H3. The average Bonchev–Trinajstić information content (AvgIpc) is 2.46. The molecule has 0 bridgehead atoms. The third-order valence-electron chi connectivity index (χ3n) is 3.09. The van der Waals surface area contributed by atoms with Crippen LogP contribution >= 0.6 is 0 Å². The van der Waals surface area contributed by atoms with Crippen molar-refractivity contribution in [3.8, 4) is 11.5 Å². The fourth-order valence-corrected chi connectivity index (χ4v) is 1.94. The van der Waals surface area contributed by atoms with Crippen LogP contribution in [-0.2, 0) is 13.2 Å². The number of para-hydroxylation sites is 1. The lowest BCUT2D eigenvalue weighted by atomic mass is 10.1. The van der Waals surface area contributed by atoms with Crippen LogP contribution in [0.25, 0.3) is 0 Å². The van der Waals surface area contributed by atoms with E-state index >= 15 is 0 Å². The first kappa shape index (κ1) is 15.5. The molecule has 2 rings (SSSR count). The van der Waals surface area contributed by atoms with Gasteiger partial charge in [0.1, 0.15) is 11.5 Å². The first-order valence-corrected chi connectivity index (χ1v) is 7.18. The van der Waals surface area contributed by atoms with Gasteiger partial charge in [-0.25, -0.2) is 0 Å². The Bertz CT molecular complexity index is 588. The molecule has 112 valence electrons. The molecule has 2 N–H and O–H groups in total. The van der Waals surface area contributed by atoms with Crippen molar-refractivity contribution >= 4 is 0 Å². The summed E-state index contributed by atoms with van der Waals surface area (Å²) in [6.07, 6.45) is 0. The van der Waals surface area contributed by atoms with Gasteiger partial charge in [-0.2, -0.15) is 0 Å². The summed E-state index contributed by atoms with van der Waals surface area (Å²) in [5.41, 5.74) is 2.02. The van der Waals surface area contributed by atoms with Crippen LogP contribution in [0.3, 0.4) is 0 Å². The maximum Gasteiger partial charge on any atom is 0.131 e. The summed E-state index contributed by atoms with van der Waals surface area (Å²) in [7, 11) is 0. The molecule has 3 nitrogen and oxygen atoms in total. The van der Waals surface area contributed by atoms with Crippen molar-refractivity contribution in [3.63, 3.8) is 0 Å². The molecule has 0 aliphatic heterocycles. The fraction of sp³-hybridized carbons (Fsp3) is 0.333. The average molecular weight is 285 g/mol. The fourth-order valence-electron chi connectivity index (χ4n) is 1.94. The third-order valence-corrected chi connectivity index (χ3v) is 3.09. The van der Waals surface area contributed by atoms with Gasteiger partial charge in [0.05, 0.1) is 6.61 Å². The van der Waals surface area contributed by atoms with Gasteiger partial charge in [0.15, 0.2) is 0 Å². The molecule has 0 saturated carbocycles. The number of aliphatic hydroxyl groups is 1. The van der Waals surface area contributed by atoms with Crippen molar-refractivity contribution in [2.45, 2.75) is 39.5 Å². The van der Waals surface area contributed by atoms with E-state index in [1.165, 1.54) is 0 Å². The molecule has 2 aromatic carbocycles. The Morgan fingerprint density at radius 3 is 2.52 bits per heavy atom. The van der Waals surface area contributed by atoms with Crippen LogP contribution in [0.4, 0.5) is 0 Å². The first-order chi connectivity index (χ1) is 9.98. The molecule has 0 aromatic heterocycles. The quantitative estimate of drug-likeness (QED) is 0.876. The van der Waals surface area contributed by atoms with Crippen LogP contribution in [0, 0.1) is 0 Å². The number of ether oxygens (including phenoxy) is 1. The highest BCUT2D eigenvalue weighted by Gasteiger charge is 2.11. The Balaban J connectivity index is 2.15. The number of hydrogen-bond donors (Lipinski definition) is 2. The highest BCUT2D eigenvalue weighted by molar-refractivity contribution is 5.39. The van der Waals surface area contributed by atoms with Crippen LogP contribution in [-0.4, -0.2) is 10.6 Å². The van der Waals surface area contributed by atoms with Gasteiger partial charge < -0.3 is 15.2 Å². The molecule has 0 atom stereocenters. The van der Waals surface area contributed by atoms with Gasteiger partial charge in [0.25, 0.3) is 0 Å². The summed E-state index contributed by atoms with van der Waals surface area (Å²) in [5.74, 6) is 1.58. The zero-order valence-electron chi connectivity index (χ0n) is 12.9. The van der Waals surface area contributed by atoms with E-state index in [0.29, 0.717) is 0 Å². The van der Waals surface area contributed by atoms with Crippen molar-refractivity contribution < 1.29 is 9.84 Å². The van der Waals surface area contributed by atoms with E-state index in [2.05, 4.69) is 32.2 Å². The minimum Gasteiger partial charge on any atom is -0.457 e. The van der Waals surface area contributed by atoms with Crippen molar-refractivity contribution in [3.05, 3.63) is 59.7 Å². The molecular formula is C18H23NO2. The molecule has 0 radical (unpaired) electrons. The van der Waals surface area contributed by atoms with E-state index < -0.39 is 0 Å². The minimum atomic E-state index is 0.0183.